The van der Waals surface area contributed by atoms with Gasteiger partial charge in [-0.05, 0) is 26.8 Å². The average Bonchev–Trinajstić information content (AvgIpc) is 2.79. The molecule has 118 valence electrons. The van der Waals surface area contributed by atoms with Crippen LogP contribution in [0.2, 0.25) is 0 Å². The molecule has 0 saturated carbocycles. The summed E-state index contributed by atoms with van der Waals surface area (Å²) >= 11 is 0. The second-order valence-electron chi connectivity index (χ2n) is 6.05. The van der Waals surface area contributed by atoms with E-state index in [-0.39, 0.29) is 17.7 Å². The van der Waals surface area contributed by atoms with Gasteiger partial charge in [-0.1, -0.05) is 0 Å². The molecule has 1 aromatic heterocycles. The van der Waals surface area contributed by atoms with Crippen LogP contribution in [0.25, 0.3) is 0 Å². The van der Waals surface area contributed by atoms with E-state index in [1.165, 1.54) is 0 Å². The molecule has 0 saturated heterocycles. The van der Waals surface area contributed by atoms with Gasteiger partial charge in [0.1, 0.15) is 6.23 Å². The lowest BCUT2D eigenvalue weighted by Crippen LogP contribution is -2.38. The molecule has 0 aromatic carbocycles. The van der Waals surface area contributed by atoms with Crippen LogP contribution in [-0.2, 0) is 22.7 Å². The summed E-state index contributed by atoms with van der Waals surface area (Å²) in [6.45, 7) is 6.26. The van der Waals surface area contributed by atoms with Gasteiger partial charge in [0.25, 0.3) is 5.56 Å². The van der Waals surface area contributed by atoms with Crippen LogP contribution in [-0.4, -0.2) is 33.6 Å². The molecular weight excluding hydrogens is 276 g/mol. The van der Waals surface area contributed by atoms with Crippen molar-refractivity contribution in [1.29, 1.82) is 0 Å². The van der Waals surface area contributed by atoms with Crippen molar-refractivity contribution in [3.63, 3.8) is 0 Å². The number of hydrogen-bond acceptors (Lipinski definition) is 6. The lowest BCUT2D eigenvalue weighted by atomic mass is 10.1. The molecule has 21 heavy (non-hydrogen) atoms. The number of aliphatic hydroxyl groups excluding tert-OH is 2. The van der Waals surface area contributed by atoms with Gasteiger partial charge in [0.2, 0.25) is 0 Å². The lowest BCUT2D eigenvalue weighted by molar-refractivity contribution is -0.165. The van der Waals surface area contributed by atoms with E-state index >= 15 is 0 Å². The summed E-state index contributed by atoms with van der Waals surface area (Å²) < 4.78 is 10.5. The Morgan fingerprint density at radius 1 is 1.43 bits per heavy atom. The zero-order chi connectivity index (χ0) is 15.6. The van der Waals surface area contributed by atoms with Gasteiger partial charge in [-0.25, -0.2) is 0 Å². The van der Waals surface area contributed by atoms with Crippen molar-refractivity contribution in [2.24, 2.45) is 0 Å². The van der Waals surface area contributed by atoms with E-state index in [2.05, 4.69) is 10.3 Å². The number of fused-ring (bicyclic) bond motifs is 1. The first-order valence-corrected chi connectivity index (χ1v) is 6.86. The highest BCUT2D eigenvalue weighted by atomic mass is 16.6. The first-order valence-electron chi connectivity index (χ1n) is 6.86. The largest absolute Gasteiger partial charge is 0.374 e. The van der Waals surface area contributed by atoms with Gasteiger partial charge in [-0.2, -0.15) is 0 Å². The molecule has 4 N–H and O–H groups in total. The second-order valence-corrected chi connectivity index (χ2v) is 6.05. The zero-order valence-corrected chi connectivity index (χ0v) is 12.5. The van der Waals surface area contributed by atoms with E-state index in [1.807, 2.05) is 20.8 Å². The van der Waals surface area contributed by atoms with Gasteiger partial charge in [0.15, 0.2) is 6.29 Å². The Morgan fingerprint density at radius 2 is 2.14 bits per heavy atom. The number of nitrogens with one attached hydrogen (secondary N) is 2. The van der Waals surface area contributed by atoms with Crippen molar-refractivity contribution in [2.45, 2.75) is 52.1 Å². The number of aliphatic hydroxyl groups is 2. The molecule has 2 rings (SSSR count). The molecule has 0 aliphatic carbocycles. The molecule has 1 aromatic rings. The predicted octanol–water partition coefficient (Wildman–Crippen LogP) is 0.119. The standard InChI is InChI=1S/C14H22N2O5/c1-14(2,3)21-11(17)5-15-12(18)9-4-8-6-20-7-10(8)16-13(9)19/h4,11-12,15,17-18H,5-7H2,1-3H3,(H,16,19). The molecule has 2 atom stereocenters. The Balaban J connectivity index is 1.98. The van der Waals surface area contributed by atoms with Crippen LogP contribution in [0.1, 0.15) is 43.8 Å². The van der Waals surface area contributed by atoms with Crippen molar-refractivity contribution in [3.8, 4) is 0 Å². The van der Waals surface area contributed by atoms with Crippen molar-refractivity contribution in [2.75, 3.05) is 6.54 Å². The first kappa shape index (κ1) is 16.1. The van der Waals surface area contributed by atoms with Crippen molar-refractivity contribution in [1.82, 2.24) is 10.3 Å². The van der Waals surface area contributed by atoms with Crippen LogP contribution in [0.3, 0.4) is 0 Å². The SMILES string of the molecule is CC(C)(C)OC(O)CNC(O)c1cc2c([nH]c1=O)COC2. The van der Waals surface area contributed by atoms with Crippen LogP contribution in [0.15, 0.2) is 10.9 Å². The topological polar surface area (TPSA) is 104 Å². The molecule has 0 radical (unpaired) electrons. The first-order chi connectivity index (χ1) is 9.76. The van der Waals surface area contributed by atoms with Gasteiger partial charge < -0.3 is 24.7 Å². The summed E-state index contributed by atoms with van der Waals surface area (Å²) in [4.78, 5) is 14.6. The maximum Gasteiger partial charge on any atom is 0.255 e. The molecule has 2 heterocycles. The number of aromatic nitrogens is 1. The normalized spacial score (nSPS) is 17.6. The fraction of sp³-hybridized carbons (Fsp3) is 0.643. The van der Waals surface area contributed by atoms with Crippen molar-refractivity contribution < 1.29 is 19.7 Å². The third-order valence-corrected chi connectivity index (χ3v) is 3.02. The second kappa shape index (κ2) is 6.25. The molecule has 1 aliphatic heterocycles. The summed E-state index contributed by atoms with van der Waals surface area (Å²) in [5.41, 5.74) is 0.936. The van der Waals surface area contributed by atoms with Crippen LogP contribution in [0, 0.1) is 0 Å². The van der Waals surface area contributed by atoms with Crippen LogP contribution >= 0.6 is 0 Å². The molecule has 0 amide bonds. The summed E-state index contributed by atoms with van der Waals surface area (Å²) in [7, 11) is 0. The van der Waals surface area contributed by atoms with E-state index in [4.69, 9.17) is 9.47 Å². The Hall–Kier alpha value is -1.25. The van der Waals surface area contributed by atoms with Gasteiger partial charge in [-0.15, -0.1) is 0 Å². The van der Waals surface area contributed by atoms with Crippen LogP contribution < -0.4 is 10.9 Å². The molecule has 1 aliphatic rings. The van der Waals surface area contributed by atoms with Gasteiger partial charge in [0.05, 0.1) is 24.4 Å². The predicted molar refractivity (Wildman–Crippen MR) is 75.4 cm³/mol. The Kier molecular flexibility index (Phi) is 4.80. The smallest absolute Gasteiger partial charge is 0.255 e. The maximum atomic E-state index is 11.9. The fourth-order valence-electron chi connectivity index (χ4n) is 2.13. The van der Waals surface area contributed by atoms with E-state index in [9.17, 15) is 15.0 Å². The third-order valence-electron chi connectivity index (χ3n) is 3.02. The van der Waals surface area contributed by atoms with E-state index in [0.29, 0.717) is 13.2 Å². The number of aromatic amines is 1. The average molecular weight is 298 g/mol. The molecule has 0 spiro atoms. The highest BCUT2D eigenvalue weighted by Gasteiger charge is 2.21. The summed E-state index contributed by atoms with van der Waals surface area (Å²) in [6, 6.07) is 1.62. The molecule has 7 nitrogen and oxygen atoms in total. The summed E-state index contributed by atoms with van der Waals surface area (Å²) in [6.07, 6.45) is -2.26. The van der Waals surface area contributed by atoms with Crippen LogP contribution in [0.4, 0.5) is 0 Å². The minimum Gasteiger partial charge on any atom is -0.374 e. The maximum absolute atomic E-state index is 11.9. The number of ether oxygens (including phenoxy) is 2. The Labute approximate surface area is 122 Å². The highest BCUT2D eigenvalue weighted by molar-refractivity contribution is 5.27. The number of hydrogen-bond donors (Lipinski definition) is 4. The van der Waals surface area contributed by atoms with Gasteiger partial charge in [-0.3, -0.25) is 10.1 Å². The molecule has 0 bridgehead atoms. The summed E-state index contributed by atoms with van der Waals surface area (Å²) in [5.74, 6) is 0. The van der Waals surface area contributed by atoms with Crippen LogP contribution in [0.5, 0.6) is 0 Å². The van der Waals surface area contributed by atoms with Crippen molar-refractivity contribution in [3.05, 3.63) is 33.2 Å². The molecule has 7 heteroatoms. The quantitative estimate of drug-likeness (QED) is 0.576. The minimum absolute atomic E-state index is 0.00542. The number of pyridine rings is 1. The Bertz CT molecular complexity index is 549. The summed E-state index contributed by atoms with van der Waals surface area (Å²) in [5, 5.41) is 22.4. The molecule has 0 fully saturated rings. The Morgan fingerprint density at radius 3 is 2.81 bits per heavy atom. The third kappa shape index (κ3) is 4.36. The molecular formula is C14H22N2O5. The monoisotopic (exact) mass is 298 g/mol. The molecule has 2 unspecified atom stereocenters. The van der Waals surface area contributed by atoms with Gasteiger partial charge in [0, 0.05) is 17.8 Å². The van der Waals surface area contributed by atoms with Gasteiger partial charge >= 0.3 is 0 Å². The fourth-order valence-corrected chi connectivity index (χ4v) is 2.13. The highest BCUT2D eigenvalue weighted by Crippen LogP contribution is 2.18. The number of rotatable bonds is 5. The zero-order valence-electron chi connectivity index (χ0n) is 12.5. The minimum atomic E-state index is -1.18. The van der Waals surface area contributed by atoms with E-state index < -0.39 is 18.1 Å². The lowest BCUT2D eigenvalue weighted by Gasteiger charge is -2.25. The van der Waals surface area contributed by atoms with E-state index in [1.54, 1.807) is 6.07 Å². The number of H-pyrrole nitrogens is 1. The van der Waals surface area contributed by atoms with Crippen molar-refractivity contribution >= 4 is 0 Å². The van der Waals surface area contributed by atoms with E-state index in [0.717, 1.165) is 11.3 Å².